The lowest BCUT2D eigenvalue weighted by Gasteiger charge is -2.22. The summed E-state index contributed by atoms with van der Waals surface area (Å²) in [6, 6.07) is 0. The molecular weight excluding hydrogens is 344 g/mol. The summed E-state index contributed by atoms with van der Waals surface area (Å²) < 4.78 is 4.59. The van der Waals surface area contributed by atoms with Crippen molar-refractivity contribution in [2.24, 2.45) is 11.8 Å². The first-order valence-corrected chi connectivity index (χ1v) is 10.1. The molecule has 0 aromatic carbocycles. The highest BCUT2D eigenvalue weighted by Gasteiger charge is 2.39. The van der Waals surface area contributed by atoms with Gasteiger partial charge >= 0.3 is 5.97 Å². The first kappa shape index (κ1) is 23.6. The van der Waals surface area contributed by atoms with Crippen molar-refractivity contribution in [3.8, 4) is 0 Å². The maximum absolute atomic E-state index is 12.2. The summed E-state index contributed by atoms with van der Waals surface area (Å²) in [6.45, 7) is 3.93. The predicted octanol–water partition coefficient (Wildman–Crippen LogP) is 3.73. The molecule has 154 valence electrons. The molecule has 0 aromatic heterocycles. The van der Waals surface area contributed by atoms with E-state index in [4.69, 9.17) is 0 Å². The lowest BCUT2D eigenvalue weighted by atomic mass is 9.88. The van der Waals surface area contributed by atoms with Gasteiger partial charge in [0, 0.05) is 24.7 Å². The number of aliphatic hydroxyl groups excluding tert-OH is 1. The molecule has 0 amide bonds. The average molecular weight is 381 g/mol. The second kappa shape index (κ2) is 12.1. The summed E-state index contributed by atoms with van der Waals surface area (Å²) in [6.07, 6.45) is 13.0. The molecule has 5 heteroatoms. The standard InChI is InChI=1S/C22H36O5/c1-4-5-14-22(2,26)15-10-12-18-17(19(23)16-20(18)24)11-8-6-7-9-13-21(25)27-3/h6-7,10,12,17-18,20,24,26H,4-5,8-9,11,13-16H2,1-3H3/b7-6-,12-10+/t17-,18-,20-,22+/m1/s1. The van der Waals surface area contributed by atoms with Gasteiger partial charge in [0.05, 0.1) is 18.8 Å². The molecule has 0 unspecified atom stereocenters. The van der Waals surface area contributed by atoms with Crippen LogP contribution >= 0.6 is 0 Å². The van der Waals surface area contributed by atoms with Gasteiger partial charge in [0.1, 0.15) is 5.78 Å². The number of carbonyl (C=O) groups is 2. The molecule has 1 aliphatic carbocycles. The van der Waals surface area contributed by atoms with Crippen molar-refractivity contribution in [2.45, 2.75) is 83.3 Å². The number of hydrogen-bond acceptors (Lipinski definition) is 5. The monoisotopic (exact) mass is 380 g/mol. The van der Waals surface area contributed by atoms with E-state index in [0.29, 0.717) is 25.7 Å². The van der Waals surface area contributed by atoms with Crippen LogP contribution in [-0.2, 0) is 14.3 Å². The van der Waals surface area contributed by atoms with Gasteiger partial charge in [0.25, 0.3) is 0 Å². The Hall–Kier alpha value is -1.46. The Morgan fingerprint density at radius 1 is 1.30 bits per heavy atom. The second-order valence-corrected chi connectivity index (χ2v) is 7.82. The van der Waals surface area contributed by atoms with E-state index in [1.54, 1.807) is 0 Å². The minimum Gasteiger partial charge on any atom is -0.469 e. The fraction of sp³-hybridized carbons (Fsp3) is 0.727. The first-order chi connectivity index (χ1) is 12.8. The molecule has 27 heavy (non-hydrogen) atoms. The van der Waals surface area contributed by atoms with Crippen LogP contribution in [0, 0.1) is 11.8 Å². The van der Waals surface area contributed by atoms with Crippen molar-refractivity contribution in [1.29, 1.82) is 0 Å². The zero-order valence-corrected chi connectivity index (χ0v) is 17.0. The number of carbonyl (C=O) groups excluding carboxylic acids is 2. The number of ketones is 1. The summed E-state index contributed by atoms with van der Waals surface area (Å²) in [7, 11) is 1.37. The van der Waals surface area contributed by atoms with Gasteiger partial charge in [0.15, 0.2) is 0 Å². The lowest BCUT2D eigenvalue weighted by molar-refractivity contribution is -0.140. The van der Waals surface area contributed by atoms with Gasteiger partial charge < -0.3 is 14.9 Å². The summed E-state index contributed by atoms with van der Waals surface area (Å²) >= 11 is 0. The van der Waals surface area contributed by atoms with Gasteiger partial charge in [0.2, 0.25) is 0 Å². The molecule has 2 N–H and O–H groups in total. The highest BCUT2D eigenvalue weighted by Crippen LogP contribution is 2.34. The normalized spacial score (nSPS) is 25.4. The van der Waals surface area contributed by atoms with E-state index >= 15 is 0 Å². The van der Waals surface area contributed by atoms with E-state index in [1.807, 2.05) is 31.2 Å². The Labute approximate surface area is 163 Å². The topological polar surface area (TPSA) is 83.8 Å². The van der Waals surface area contributed by atoms with E-state index in [-0.39, 0.29) is 30.0 Å². The quantitative estimate of drug-likeness (QED) is 0.398. The van der Waals surface area contributed by atoms with Crippen molar-refractivity contribution >= 4 is 11.8 Å². The molecule has 1 saturated carbocycles. The molecule has 1 fully saturated rings. The maximum atomic E-state index is 12.2. The predicted molar refractivity (Wildman–Crippen MR) is 106 cm³/mol. The molecule has 0 radical (unpaired) electrons. The SMILES string of the molecule is CCCC[C@](C)(O)C/C=C/[C@H]1[C@H](O)CC(=O)[C@@H]1CC/C=C\CCC(=O)OC. The van der Waals surface area contributed by atoms with Gasteiger partial charge in [-0.3, -0.25) is 9.59 Å². The highest BCUT2D eigenvalue weighted by molar-refractivity contribution is 5.84. The fourth-order valence-corrected chi connectivity index (χ4v) is 3.55. The number of ether oxygens (including phenoxy) is 1. The fourth-order valence-electron chi connectivity index (χ4n) is 3.55. The van der Waals surface area contributed by atoms with Crippen LogP contribution in [0.15, 0.2) is 24.3 Å². The number of hydrogen-bond donors (Lipinski definition) is 2. The van der Waals surface area contributed by atoms with Crippen LogP contribution in [0.5, 0.6) is 0 Å². The average Bonchev–Trinajstić information content (AvgIpc) is 2.89. The third-order valence-electron chi connectivity index (χ3n) is 5.27. The Kier molecular flexibility index (Phi) is 10.6. The lowest BCUT2D eigenvalue weighted by Crippen LogP contribution is -2.23. The Balaban J connectivity index is 2.49. The molecule has 0 aromatic rings. The van der Waals surface area contributed by atoms with Crippen molar-refractivity contribution in [3.05, 3.63) is 24.3 Å². The third-order valence-corrected chi connectivity index (χ3v) is 5.27. The summed E-state index contributed by atoms with van der Waals surface area (Å²) in [5.74, 6) is -0.475. The number of Topliss-reactive ketones (excluding diaryl/α,β-unsaturated/α-hetero) is 1. The Morgan fingerprint density at radius 2 is 2.00 bits per heavy atom. The van der Waals surface area contributed by atoms with Crippen LogP contribution in [0.1, 0.15) is 71.6 Å². The number of esters is 1. The van der Waals surface area contributed by atoms with E-state index in [0.717, 1.165) is 25.7 Å². The molecule has 0 spiro atoms. The van der Waals surface area contributed by atoms with E-state index in [1.165, 1.54) is 7.11 Å². The first-order valence-electron chi connectivity index (χ1n) is 10.1. The highest BCUT2D eigenvalue weighted by atomic mass is 16.5. The largest absolute Gasteiger partial charge is 0.469 e. The van der Waals surface area contributed by atoms with Crippen LogP contribution in [0.4, 0.5) is 0 Å². The summed E-state index contributed by atoms with van der Waals surface area (Å²) in [5, 5.41) is 20.6. The van der Waals surface area contributed by atoms with E-state index in [2.05, 4.69) is 11.7 Å². The molecule has 4 atom stereocenters. The molecule has 0 saturated heterocycles. The van der Waals surface area contributed by atoms with Crippen LogP contribution in [0.2, 0.25) is 0 Å². The minimum atomic E-state index is -0.738. The summed E-state index contributed by atoms with van der Waals surface area (Å²) in [4.78, 5) is 23.3. The minimum absolute atomic E-state index is 0.109. The van der Waals surface area contributed by atoms with Crippen LogP contribution < -0.4 is 0 Å². The number of rotatable bonds is 12. The van der Waals surface area contributed by atoms with Gasteiger partial charge in [-0.2, -0.15) is 0 Å². The third kappa shape index (κ3) is 8.85. The van der Waals surface area contributed by atoms with Gasteiger partial charge in [-0.15, -0.1) is 0 Å². The molecule has 1 aliphatic rings. The second-order valence-electron chi connectivity index (χ2n) is 7.82. The molecule has 0 heterocycles. The van der Waals surface area contributed by atoms with Crippen LogP contribution in [-0.4, -0.2) is 40.8 Å². The Bertz CT molecular complexity index is 521. The van der Waals surface area contributed by atoms with E-state index < -0.39 is 11.7 Å². The Morgan fingerprint density at radius 3 is 2.67 bits per heavy atom. The number of unbranched alkanes of at least 4 members (excludes halogenated alkanes) is 1. The maximum Gasteiger partial charge on any atom is 0.305 e. The van der Waals surface area contributed by atoms with Gasteiger partial charge in [-0.1, -0.05) is 44.1 Å². The van der Waals surface area contributed by atoms with Crippen molar-refractivity contribution in [3.63, 3.8) is 0 Å². The van der Waals surface area contributed by atoms with E-state index in [9.17, 15) is 19.8 Å². The number of aliphatic hydroxyl groups is 2. The van der Waals surface area contributed by atoms with Gasteiger partial charge in [-0.05, 0) is 39.0 Å². The van der Waals surface area contributed by atoms with Crippen LogP contribution in [0.25, 0.3) is 0 Å². The molecule has 1 rings (SSSR count). The molecular formula is C22H36O5. The number of allylic oxidation sites excluding steroid dienone is 2. The smallest absolute Gasteiger partial charge is 0.305 e. The van der Waals surface area contributed by atoms with Gasteiger partial charge in [-0.25, -0.2) is 0 Å². The summed E-state index contributed by atoms with van der Waals surface area (Å²) in [5.41, 5.74) is -0.738. The molecule has 0 bridgehead atoms. The molecule has 0 aliphatic heterocycles. The zero-order chi connectivity index (χ0) is 20.3. The van der Waals surface area contributed by atoms with Crippen molar-refractivity contribution in [1.82, 2.24) is 0 Å². The van der Waals surface area contributed by atoms with Crippen molar-refractivity contribution in [2.75, 3.05) is 7.11 Å². The zero-order valence-electron chi connectivity index (χ0n) is 17.0. The number of methoxy groups -OCH3 is 1. The molecule has 5 nitrogen and oxygen atoms in total. The van der Waals surface area contributed by atoms with Crippen LogP contribution in [0.3, 0.4) is 0 Å². The van der Waals surface area contributed by atoms with Crippen molar-refractivity contribution < 1.29 is 24.5 Å².